The second-order valence-corrected chi connectivity index (χ2v) is 9.42. The summed E-state index contributed by atoms with van der Waals surface area (Å²) in [6.07, 6.45) is -5.03. The number of hydrogen-bond acceptors (Lipinski definition) is 5. The largest absolute Gasteiger partial charge is 0.443 e. The van der Waals surface area contributed by atoms with Crippen molar-refractivity contribution in [2.75, 3.05) is 0 Å². The molecule has 0 aliphatic rings. The normalized spacial score (nSPS) is 13.0. The molecule has 2 N–H and O–H groups in total. The van der Waals surface area contributed by atoms with Gasteiger partial charge in [-0.3, -0.25) is 9.78 Å². The Balaban J connectivity index is 1.67. The van der Waals surface area contributed by atoms with E-state index in [0.29, 0.717) is 17.3 Å². The Kier molecular flexibility index (Phi) is 6.83. The summed E-state index contributed by atoms with van der Waals surface area (Å²) >= 11 is 0. The predicted octanol–water partition coefficient (Wildman–Crippen LogP) is 5.16. The van der Waals surface area contributed by atoms with Crippen molar-refractivity contribution in [2.45, 2.75) is 30.8 Å². The van der Waals surface area contributed by atoms with Gasteiger partial charge < -0.3 is 9.73 Å². The number of pyridine rings is 1. The molecule has 1 amide bonds. The van der Waals surface area contributed by atoms with Crippen LogP contribution >= 0.6 is 0 Å². The maximum Gasteiger partial charge on any atom is 0.417 e. The van der Waals surface area contributed by atoms with Gasteiger partial charge in [0.05, 0.1) is 11.3 Å². The highest BCUT2D eigenvalue weighted by atomic mass is 32.2. The Morgan fingerprint density at radius 3 is 2.53 bits per heavy atom. The van der Waals surface area contributed by atoms with Crippen LogP contribution < -0.4 is 10.0 Å². The van der Waals surface area contributed by atoms with Gasteiger partial charge in [0.15, 0.2) is 0 Å². The van der Waals surface area contributed by atoms with E-state index in [2.05, 4.69) is 15.0 Å². The number of alkyl halides is 3. The molecule has 188 valence electrons. The number of carbonyl (C=O) groups is 1. The minimum Gasteiger partial charge on any atom is -0.443 e. The Labute approximate surface area is 203 Å². The lowest BCUT2D eigenvalue weighted by Gasteiger charge is -2.20. The monoisotopic (exact) mass is 521 g/mol. The molecule has 2 aromatic heterocycles. The summed E-state index contributed by atoms with van der Waals surface area (Å²) in [7, 11) is -4.33. The molecule has 0 aliphatic heterocycles. The fourth-order valence-corrected chi connectivity index (χ4v) is 4.49. The summed E-state index contributed by atoms with van der Waals surface area (Å²) < 4.78 is 85.9. The SMILES string of the molecule is CCC(=O)N[C@@H](NS(=O)(=O)c1cc2cc(F)ccc2o1)c1cccc(-c2ccc(C(F)(F)F)cn2)c1. The predicted molar refractivity (Wildman–Crippen MR) is 122 cm³/mol. The number of halogens is 4. The topological polar surface area (TPSA) is 101 Å². The van der Waals surface area contributed by atoms with Crippen LogP contribution in [0.1, 0.15) is 30.6 Å². The van der Waals surface area contributed by atoms with Crippen LogP contribution in [0.3, 0.4) is 0 Å². The number of benzene rings is 2. The average molecular weight is 521 g/mol. The number of hydrogen-bond donors (Lipinski definition) is 2. The molecule has 0 unspecified atom stereocenters. The Hall–Kier alpha value is -3.77. The lowest BCUT2D eigenvalue weighted by molar-refractivity contribution is -0.137. The molecule has 36 heavy (non-hydrogen) atoms. The second-order valence-electron chi connectivity index (χ2n) is 7.78. The molecule has 2 aromatic carbocycles. The van der Waals surface area contributed by atoms with Crippen molar-refractivity contribution in [2.24, 2.45) is 0 Å². The van der Waals surface area contributed by atoms with Crippen LogP contribution in [0, 0.1) is 5.82 Å². The zero-order valence-corrected chi connectivity index (χ0v) is 19.5. The number of nitrogens with zero attached hydrogens (tertiary/aromatic N) is 1. The van der Waals surface area contributed by atoms with E-state index in [1.165, 1.54) is 24.3 Å². The van der Waals surface area contributed by atoms with E-state index < -0.39 is 44.7 Å². The highest BCUT2D eigenvalue weighted by molar-refractivity contribution is 7.89. The van der Waals surface area contributed by atoms with Gasteiger partial charge >= 0.3 is 6.18 Å². The lowest BCUT2D eigenvalue weighted by Crippen LogP contribution is -2.40. The summed E-state index contributed by atoms with van der Waals surface area (Å²) in [5.41, 5.74) is 0.153. The van der Waals surface area contributed by atoms with Crippen LogP contribution in [0.2, 0.25) is 0 Å². The van der Waals surface area contributed by atoms with Crippen molar-refractivity contribution >= 4 is 26.9 Å². The molecule has 0 fully saturated rings. The number of sulfonamides is 1. The van der Waals surface area contributed by atoms with E-state index in [4.69, 9.17) is 4.42 Å². The fraction of sp³-hybridized carbons (Fsp3) is 0.167. The van der Waals surface area contributed by atoms with Crippen LogP contribution in [0.25, 0.3) is 22.2 Å². The van der Waals surface area contributed by atoms with Crippen LogP contribution in [0.4, 0.5) is 17.6 Å². The molecule has 0 radical (unpaired) electrons. The number of nitrogens with one attached hydrogen (secondary N) is 2. The van der Waals surface area contributed by atoms with Gasteiger partial charge in [-0.05, 0) is 42.0 Å². The van der Waals surface area contributed by atoms with Crippen LogP contribution in [0.15, 0.2) is 76.4 Å². The first kappa shape index (κ1) is 25.3. The molecule has 7 nitrogen and oxygen atoms in total. The smallest absolute Gasteiger partial charge is 0.417 e. The third kappa shape index (κ3) is 5.55. The Morgan fingerprint density at radius 2 is 1.86 bits per heavy atom. The summed E-state index contributed by atoms with van der Waals surface area (Å²) in [4.78, 5) is 16.0. The van der Waals surface area contributed by atoms with E-state index in [1.54, 1.807) is 19.1 Å². The highest BCUT2D eigenvalue weighted by Crippen LogP contribution is 2.30. The molecular weight excluding hydrogens is 502 g/mol. The molecule has 0 aliphatic carbocycles. The van der Waals surface area contributed by atoms with Gasteiger partial charge in [-0.25, -0.2) is 12.8 Å². The number of fused-ring (bicyclic) bond motifs is 1. The van der Waals surface area contributed by atoms with Gasteiger partial charge in [0.1, 0.15) is 17.6 Å². The molecule has 0 bridgehead atoms. The standard InChI is InChI=1S/C24H19F4N3O4S/c1-2-21(32)30-23(31-36(33,34)22-12-16-11-18(25)7-9-20(16)35-22)15-5-3-4-14(10-15)19-8-6-17(13-29-19)24(26,27)28/h3-13,23,31H,2H2,1H3,(H,30,32)/t23-/m0/s1. The molecule has 4 rings (SSSR count). The van der Waals surface area contributed by atoms with E-state index in [1.807, 2.05) is 0 Å². The number of amides is 1. The molecule has 0 spiro atoms. The maximum absolute atomic E-state index is 13.5. The van der Waals surface area contributed by atoms with Crippen molar-refractivity contribution in [3.63, 3.8) is 0 Å². The number of furan rings is 1. The van der Waals surface area contributed by atoms with E-state index in [9.17, 15) is 30.8 Å². The zero-order valence-electron chi connectivity index (χ0n) is 18.6. The average Bonchev–Trinajstić information content (AvgIpc) is 3.27. The van der Waals surface area contributed by atoms with Gasteiger partial charge in [-0.2, -0.15) is 17.9 Å². The zero-order chi connectivity index (χ0) is 26.1. The van der Waals surface area contributed by atoms with Crippen molar-refractivity contribution in [1.82, 2.24) is 15.0 Å². The third-order valence-electron chi connectivity index (χ3n) is 5.23. The molecule has 0 saturated carbocycles. The summed E-state index contributed by atoms with van der Waals surface area (Å²) in [6.45, 7) is 1.58. The second kappa shape index (κ2) is 9.70. The molecule has 2 heterocycles. The van der Waals surface area contributed by atoms with Gasteiger partial charge in [0, 0.05) is 29.6 Å². The van der Waals surface area contributed by atoms with E-state index in [0.717, 1.165) is 24.3 Å². The van der Waals surface area contributed by atoms with Gasteiger partial charge in [-0.1, -0.05) is 25.1 Å². The minimum absolute atomic E-state index is 0.0578. The Bertz CT molecular complexity index is 1520. The first-order chi connectivity index (χ1) is 17.0. The molecule has 12 heteroatoms. The maximum atomic E-state index is 13.5. The fourth-order valence-electron chi connectivity index (χ4n) is 3.39. The van der Waals surface area contributed by atoms with Gasteiger partial charge in [0.25, 0.3) is 10.0 Å². The number of rotatable bonds is 7. The van der Waals surface area contributed by atoms with Gasteiger partial charge in [0.2, 0.25) is 11.0 Å². The van der Waals surface area contributed by atoms with E-state index in [-0.39, 0.29) is 23.1 Å². The number of aromatic nitrogens is 1. The minimum atomic E-state index is -4.54. The molecule has 0 saturated heterocycles. The van der Waals surface area contributed by atoms with Crippen LogP contribution in [-0.2, 0) is 21.0 Å². The van der Waals surface area contributed by atoms with E-state index >= 15 is 0 Å². The summed E-state index contributed by atoms with van der Waals surface area (Å²) in [6, 6.07) is 12.9. The third-order valence-corrected chi connectivity index (χ3v) is 6.50. The van der Waals surface area contributed by atoms with Crippen LogP contribution in [-0.4, -0.2) is 19.3 Å². The quantitative estimate of drug-likeness (QED) is 0.259. The van der Waals surface area contributed by atoms with Crippen LogP contribution in [0.5, 0.6) is 0 Å². The van der Waals surface area contributed by atoms with Crippen molar-refractivity contribution < 1.29 is 35.2 Å². The molecule has 1 atom stereocenters. The highest BCUT2D eigenvalue weighted by Gasteiger charge is 2.31. The first-order valence-electron chi connectivity index (χ1n) is 10.6. The lowest BCUT2D eigenvalue weighted by atomic mass is 10.1. The first-order valence-corrected chi connectivity index (χ1v) is 12.1. The van der Waals surface area contributed by atoms with Gasteiger partial charge in [-0.15, -0.1) is 0 Å². The Morgan fingerprint density at radius 1 is 1.08 bits per heavy atom. The van der Waals surface area contributed by atoms with Crippen molar-refractivity contribution in [1.29, 1.82) is 0 Å². The number of carbonyl (C=O) groups excluding carboxylic acids is 1. The molecule has 4 aromatic rings. The summed E-state index contributed by atoms with van der Waals surface area (Å²) in [5.74, 6) is -1.03. The van der Waals surface area contributed by atoms with Crippen molar-refractivity contribution in [3.05, 3.63) is 83.8 Å². The molecular formula is C24H19F4N3O4S. The summed E-state index contributed by atoms with van der Waals surface area (Å²) in [5, 5.41) is 2.31. The van der Waals surface area contributed by atoms with Crippen molar-refractivity contribution in [3.8, 4) is 11.3 Å².